The molecule has 0 bridgehead atoms. The van der Waals surface area contributed by atoms with Gasteiger partial charge >= 0.3 is 0 Å². The van der Waals surface area contributed by atoms with E-state index in [0.717, 1.165) is 23.0 Å². The van der Waals surface area contributed by atoms with Gasteiger partial charge in [0.2, 0.25) is 0 Å². The predicted octanol–water partition coefficient (Wildman–Crippen LogP) is 3.07. The molecule has 0 saturated carbocycles. The standard InChI is InChI=1S/C12H17N3S/c1-9-4-6-13-8-10(9)14-11-15-12(2,3)5-7-16-11/h4,6,8H,5,7H2,1-3H3,(H,14,15). The fourth-order valence-corrected chi connectivity index (χ4v) is 2.82. The molecule has 1 aliphatic heterocycles. The summed E-state index contributed by atoms with van der Waals surface area (Å²) >= 11 is 1.78. The first kappa shape index (κ1) is 11.5. The molecule has 0 amide bonds. The number of aromatic nitrogens is 1. The Balaban J connectivity index is 2.16. The van der Waals surface area contributed by atoms with Gasteiger partial charge in [0.05, 0.1) is 17.4 Å². The van der Waals surface area contributed by atoms with Crippen LogP contribution in [-0.4, -0.2) is 21.4 Å². The lowest BCUT2D eigenvalue weighted by Crippen LogP contribution is -2.27. The van der Waals surface area contributed by atoms with Crippen LogP contribution in [-0.2, 0) is 0 Å². The Bertz CT molecular complexity index is 412. The van der Waals surface area contributed by atoms with Crippen LogP contribution in [0, 0.1) is 6.92 Å². The Morgan fingerprint density at radius 3 is 2.94 bits per heavy atom. The van der Waals surface area contributed by atoms with Crippen LogP contribution in [0.2, 0.25) is 0 Å². The molecule has 86 valence electrons. The summed E-state index contributed by atoms with van der Waals surface area (Å²) in [7, 11) is 0. The highest BCUT2D eigenvalue weighted by Crippen LogP contribution is 2.27. The fourth-order valence-electron chi connectivity index (χ4n) is 1.53. The summed E-state index contributed by atoms with van der Waals surface area (Å²) in [4.78, 5) is 8.81. The summed E-state index contributed by atoms with van der Waals surface area (Å²) in [5, 5.41) is 4.36. The minimum Gasteiger partial charge on any atom is -0.333 e. The Morgan fingerprint density at radius 1 is 1.44 bits per heavy atom. The molecular formula is C12H17N3S. The second-order valence-electron chi connectivity index (χ2n) is 4.64. The molecule has 0 saturated heterocycles. The van der Waals surface area contributed by atoms with Crippen molar-refractivity contribution in [2.24, 2.45) is 4.99 Å². The molecule has 0 spiro atoms. The number of rotatable bonds is 1. The van der Waals surface area contributed by atoms with Crippen LogP contribution in [0.15, 0.2) is 23.5 Å². The average Bonchev–Trinajstić information content (AvgIpc) is 2.20. The SMILES string of the molecule is Cc1ccncc1NC1=NC(C)(C)CCS1. The second-order valence-corrected chi connectivity index (χ2v) is 5.73. The Morgan fingerprint density at radius 2 is 2.25 bits per heavy atom. The number of aliphatic imine (C=N–C) groups is 1. The number of thioether (sulfide) groups is 1. The second kappa shape index (κ2) is 4.45. The number of nitrogens with one attached hydrogen (secondary N) is 1. The number of anilines is 1. The van der Waals surface area contributed by atoms with Gasteiger partial charge in [0.15, 0.2) is 5.17 Å². The van der Waals surface area contributed by atoms with Crippen molar-refractivity contribution in [3.05, 3.63) is 24.0 Å². The number of amidine groups is 1. The molecule has 2 rings (SSSR count). The van der Waals surface area contributed by atoms with Gasteiger partial charge in [-0.25, -0.2) is 0 Å². The third-order valence-corrected chi connectivity index (χ3v) is 3.51. The smallest absolute Gasteiger partial charge is 0.161 e. The summed E-state index contributed by atoms with van der Waals surface area (Å²) in [5.74, 6) is 1.12. The Labute approximate surface area is 101 Å². The molecule has 0 aromatic carbocycles. The van der Waals surface area contributed by atoms with Gasteiger partial charge in [-0.15, -0.1) is 0 Å². The maximum absolute atomic E-state index is 4.69. The first-order valence-electron chi connectivity index (χ1n) is 5.47. The van der Waals surface area contributed by atoms with Gasteiger partial charge in [0.1, 0.15) is 0 Å². The van der Waals surface area contributed by atoms with Gasteiger partial charge in [-0.2, -0.15) is 0 Å². The molecule has 1 aromatic heterocycles. The minimum atomic E-state index is 0.0592. The summed E-state index contributed by atoms with van der Waals surface area (Å²) in [5.41, 5.74) is 2.30. The zero-order chi connectivity index (χ0) is 11.6. The van der Waals surface area contributed by atoms with Gasteiger partial charge in [-0.3, -0.25) is 9.98 Å². The molecule has 0 unspecified atom stereocenters. The average molecular weight is 235 g/mol. The van der Waals surface area contributed by atoms with E-state index in [0.29, 0.717) is 0 Å². The van der Waals surface area contributed by atoms with E-state index in [9.17, 15) is 0 Å². The van der Waals surface area contributed by atoms with E-state index >= 15 is 0 Å². The lowest BCUT2D eigenvalue weighted by atomic mass is 10.0. The van der Waals surface area contributed by atoms with E-state index in [2.05, 4.69) is 31.1 Å². The van der Waals surface area contributed by atoms with Crippen molar-refractivity contribution < 1.29 is 0 Å². The molecule has 1 N–H and O–H groups in total. The number of hydrogen-bond donors (Lipinski definition) is 1. The van der Waals surface area contributed by atoms with Crippen molar-refractivity contribution in [1.29, 1.82) is 0 Å². The van der Waals surface area contributed by atoms with E-state index in [1.807, 2.05) is 12.3 Å². The molecule has 0 fully saturated rings. The summed E-state index contributed by atoms with van der Waals surface area (Å²) in [6, 6.07) is 2.00. The van der Waals surface area contributed by atoms with Crippen molar-refractivity contribution in [2.45, 2.75) is 32.7 Å². The van der Waals surface area contributed by atoms with Gasteiger partial charge < -0.3 is 5.32 Å². The monoisotopic (exact) mass is 235 g/mol. The molecule has 3 nitrogen and oxygen atoms in total. The number of hydrogen-bond acceptors (Lipinski definition) is 4. The van der Waals surface area contributed by atoms with Crippen LogP contribution in [0.3, 0.4) is 0 Å². The maximum atomic E-state index is 4.69. The fraction of sp³-hybridized carbons (Fsp3) is 0.500. The molecule has 1 aliphatic rings. The van der Waals surface area contributed by atoms with Crippen LogP contribution >= 0.6 is 11.8 Å². The van der Waals surface area contributed by atoms with Gasteiger partial charge in [0, 0.05) is 11.9 Å². The van der Waals surface area contributed by atoms with Crippen LogP contribution in [0.4, 0.5) is 5.69 Å². The molecule has 2 heterocycles. The highest BCUT2D eigenvalue weighted by atomic mass is 32.2. The summed E-state index contributed by atoms with van der Waals surface area (Å²) < 4.78 is 0. The van der Waals surface area contributed by atoms with Crippen LogP contribution in [0.25, 0.3) is 0 Å². The van der Waals surface area contributed by atoms with Crippen molar-refractivity contribution in [3.8, 4) is 0 Å². The lowest BCUT2D eigenvalue weighted by molar-refractivity contribution is 0.507. The largest absolute Gasteiger partial charge is 0.333 e. The first-order valence-corrected chi connectivity index (χ1v) is 6.46. The molecule has 16 heavy (non-hydrogen) atoms. The highest BCUT2D eigenvalue weighted by molar-refractivity contribution is 8.14. The number of nitrogens with zero attached hydrogens (tertiary/aromatic N) is 2. The van der Waals surface area contributed by atoms with Gasteiger partial charge in [-0.1, -0.05) is 11.8 Å². The van der Waals surface area contributed by atoms with Crippen LogP contribution in [0.1, 0.15) is 25.8 Å². The minimum absolute atomic E-state index is 0.0592. The Kier molecular flexibility index (Phi) is 3.19. The van der Waals surface area contributed by atoms with Gasteiger partial charge in [0.25, 0.3) is 0 Å². The molecule has 1 aromatic rings. The zero-order valence-corrected chi connectivity index (χ0v) is 10.8. The van der Waals surface area contributed by atoms with E-state index in [-0.39, 0.29) is 5.54 Å². The molecule has 0 aliphatic carbocycles. The van der Waals surface area contributed by atoms with Gasteiger partial charge in [-0.05, 0) is 38.8 Å². The van der Waals surface area contributed by atoms with E-state index in [1.165, 1.54) is 5.56 Å². The molecule has 0 atom stereocenters. The third kappa shape index (κ3) is 2.76. The summed E-state index contributed by atoms with van der Waals surface area (Å²) in [6.07, 6.45) is 4.79. The molecule has 4 heteroatoms. The molecular weight excluding hydrogens is 218 g/mol. The summed E-state index contributed by atoms with van der Waals surface area (Å²) in [6.45, 7) is 6.41. The van der Waals surface area contributed by atoms with Crippen molar-refractivity contribution >= 4 is 22.6 Å². The van der Waals surface area contributed by atoms with Crippen molar-refractivity contribution in [2.75, 3.05) is 11.1 Å². The van der Waals surface area contributed by atoms with E-state index in [4.69, 9.17) is 4.99 Å². The maximum Gasteiger partial charge on any atom is 0.161 e. The highest BCUT2D eigenvalue weighted by Gasteiger charge is 2.22. The lowest BCUT2D eigenvalue weighted by Gasteiger charge is -2.26. The number of aryl methyl sites for hydroxylation is 1. The number of pyridine rings is 1. The quantitative estimate of drug-likeness (QED) is 0.813. The Hall–Kier alpha value is -1.03. The first-order chi connectivity index (χ1) is 7.57. The normalized spacial score (nSPS) is 19.1. The topological polar surface area (TPSA) is 37.3 Å². The predicted molar refractivity (Wildman–Crippen MR) is 71.2 cm³/mol. The zero-order valence-electron chi connectivity index (χ0n) is 9.95. The van der Waals surface area contributed by atoms with Crippen molar-refractivity contribution in [1.82, 2.24) is 4.98 Å². The molecule has 0 radical (unpaired) electrons. The van der Waals surface area contributed by atoms with E-state index in [1.54, 1.807) is 18.0 Å². The van der Waals surface area contributed by atoms with E-state index < -0.39 is 0 Å². The van der Waals surface area contributed by atoms with Crippen LogP contribution < -0.4 is 5.32 Å². The third-order valence-electron chi connectivity index (χ3n) is 2.64. The van der Waals surface area contributed by atoms with Crippen LogP contribution in [0.5, 0.6) is 0 Å². The van der Waals surface area contributed by atoms with Crippen molar-refractivity contribution in [3.63, 3.8) is 0 Å².